The number of Topliss-reactive ketones (excluding diaryl/α,β-unsaturated/α-hetero) is 1. The Morgan fingerprint density at radius 1 is 1.17 bits per heavy atom. The summed E-state index contributed by atoms with van der Waals surface area (Å²) in [6.45, 7) is 4.57. The number of aryl methyl sites for hydroxylation is 3. The van der Waals surface area contributed by atoms with E-state index in [9.17, 15) is 14.7 Å². The van der Waals surface area contributed by atoms with E-state index in [1.54, 1.807) is 31.3 Å². The number of rotatable bonds is 6. The highest BCUT2D eigenvalue weighted by Crippen LogP contribution is 2.40. The second-order valence-corrected chi connectivity index (χ2v) is 7.37. The lowest BCUT2D eigenvalue weighted by Gasteiger charge is -2.25. The minimum atomic E-state index is -0.677. The molecule has 4 rings (SSSR count). The third-order valence-corrected chi connectivity index (χ3v) is 5.39. The summed E-state index contributed by atoms with van der Waals surface area (Å²) < 4.78 is 1.92. The molecule has 1 saturated heterocycles. The van der Waals surface area contributed by atoms with Crippen LogP contribution in [-0.4, -0.2) is 48.0 Å². The maximum absolute atomic E-state index is 13.0. The van der Waals surface area contributed by atoms with Gasteiger partial charge in [0.2, 0.25) is 0 Å². The molecule has 1 aromatic carbocycles. The summed E-state index contributed by atoms with van der Waals surface area (Å²) in [6.07, 6.45) is 5.92. The van der Waals surface area contributed by atoms with E-state index in [0.717, 1.165) is 5.56 Å². The number of aliphatic hydroxyl groups is 1. The van der Waals surface area contributed by atoms with Crippen molar-refractivity contribution in [1.29, 1.82) is 0 Å². The van der Waals surface area contributed by atoms with Gasteiger partial charge in [-0.25, -0.2) is 4.98 Å². The van der Waals surface area contributed by atoms with E-state index in [2.05, 4.69) is 15.2 Å². The number of aromatic amines is 1. The predicted molar refractivity (Wildman–Crippen MR) is 110 cm³/mol. The molecule has 0 spiro atoms. The van der Waals surface area contributed by atoms with E-state index in [4.69, 9.17) is 0 Å². The number of aromatic nitrogens is 4. The second kappa shape index (κ2) is 7.98. The molecule has 2 N–H and O–H groups in total. The lowest BCUT2D eigenvalue weighted by Crippen LogP contribution is -2.31. The van der Waals surface area contributed by atoms with Gasteiger partial charge in [0.05, 0.1) is 29.2 Å². The Kier molecular flexibility index (Phi) is 5.22. The number of likely N-dealkylation sites (tertiary alicyclic amines) is 1. The van der Waals surface area contributed by atoms with E-state index in [-0.39, 0.29) is 11.3 Å². The van der Waals surface area contributed by atoms with Crippen LogP contribution in [0.4, 0.5) is 0 Å². The van der Waals surface area contributed by atoms with Crippen molar-refractivity contribution in [3.8, 4) is 0 Å². The highest BCUT2D eigenvalue weighted by Gasteiger charge is 2.46. The van der Waals surface area contributed by atoms with Crippen LogP contribution in [0, 0.1) is 13.8 Å². The van der Waals surface area contributed by atoms with Crippen molar-refractivity contribution in [3.05, 3.63) is 77.1 Å². The van der Waals surface area contributed by atoms with Crippen molar-refractivity contribution in [3.63, 3.8) is 0 Å². The van der Waals surface area contributed by atoms with Crippen molar-refractivity contribution in [2.45, 2.75) is 32.9 Å². The number of aliphatic hydroxyl groups excluding tert-OH is 1. The summed E-state index contributed by atoms with van der Waals surface area (Å²) in [5, 5.41) is 18.0. The van der Waals surface area contributed by atoms with Crippen LogP contribution >= 0.6 is 0 Å². The molecule has 0 radical (unpaired) electrons. The highest BCUT2D eigenvalue weighted by atomic mass is 16.3. The third-order valence-electron chi connectivity index (χ3n) is 5.39. The van der Waals surface area contributed by atoms with Gasteiger partial charge >= 0.3 is 0 Å². The fourth-order valence-electron chi connectivity index (χ4n) is 3.97. The molecular formula is C22H23N5O3. The standard InChI is InChI=1S/C22H23N5O3/c1-14-17(15(2)25-24-14)20(28)18-19(16-7-4-3-5-8-16)27(22(30)21(18)29)11-6-10-26-12-9-23-13-26/h3-5,7-9,12-13,19,28H,6,10-11H2,1-2H3,(H,24,25)/b20-18+. The Hall–Kier alpha value is -3.68. The number of carbonyl (C=O) groups excluding carboxylic acids is 2. The topological polar surface area (TPSA) is 104 Å². The largest absolute Gasteiger partial charge is 0.507 e. The average Bonchev–Trinajstić information content (AvgIpc) is 3.44. The molecule has 0 aliphatic carbocycles. The molecule has 0 bridgehead atoms. The van der Waals surface area contributed by atoms with E-state index in [1.807, 2.05) is 41.1 Å². The van der Waals surface area contributed by atoms with Gasteiger partial charge in [0.1, 0.15) is 5.76 Å². The van der Waals surface area contributed by atoms with Gasteiger partial charge in [-0.1, -0.05) is 30.3 Å². The monoisotopic (exact) mass is 405 g/mol. The lowest BCUT2D eigenvalue weighted by molar-refractivity contribution is -0.139. The van der Waals surface area contributed by atoms with Crippen LogP contribution < -0.4 is 0 Å². The number of benzene rings is 1. The maximum Gasteiger partial charge on any atom is 0.295 e. The number of imidazole rings is 1. The van der Waals surface area contributed by atoms with Crippen molar-refractivity contribution < 1.29 is 14.7 Å². The number of nitrogens with one attached hydrogen (secondary N) is 1. The van der Waals surface area contributed by atoms with E-state index in [0.29, 0.717) is 36.5 Å². The fraction of sp³-hybridized carbons (Fsp3) is 0.273. The molecular weight excluding hydrogens is 382 g/mol. The number of H-pyrrole nitrogens is 1. The molecule has 1 aliphatic rings. The van der Waals surface area contributed by atoms with Gasteiger partial charge in [0.25, 0.3) is 11.7 Å². The van der Waals surface area contributed by atoms with E-state index >= 15 is 0 Å². The Morgan fingerprint density at radius 3 is 2.57 bits per heavy atom. The van der Waals surface area contributed by atoms with Crippen LogP contribution in [0.5, 0.6) is 0 Å². The minimum absolute atomic E-state index is 0.0985. The molecule has 3 aromatic rings. The van der Waals surface area contributed by atoms with Gasteiger partial charge in [-0.3, -0.25) is 14.7 Å². The van der Waals surface area contributed by atoms with Crippen LogP contribution in [-0.2, 0) is 16.1 Å². The van der Waals surface area contributed by atoms with E-state index < -0.39 is 17.7 Å². The van der Waals surface area contributed by atoms with Gasteiger partial charge < -0.3 is 14.6 Å². The quantitative estimate of drug-likeness (QED) is 0.373. The predicted octanol–water partition coefficient (Wildman–Crippen LogP) is 2.74. The van der Waals surface area contributed by atoms with Gasteiger partial charge in [-0.15, -0.1) is 0 Å². The molecule has 0 saturated carbocycles. The number of carbonyl (C=O) groups is 2. The van der Waals surface area contributed by atoms with Gasteiger partial charge in [0, 0.05) is 31.2 Å². The fourth-order valence-corrected chi connectivity index (χ4v) is 3.97. The Balaban J connectivity index is 1.74. The third kappa shape index (κ3) is 3.41. The second-order valence-electron chi connectivity index (χ2n) is 7.37. The summed E-state index contributed by atoms with van der Waals surface area (Å²) in [6, 6.07) is 8.66. The zero-order valence-corrected chi connectivity index (χ0v) is 16.9. The molecule has 30 heavy (non-hydrogen) atoms. The van der Waals surface area contributed by atoms with Gasteiger partial charge in [-0.05, 0) is 25.8 Å². The molecule has 1 atom stereocenters. The molecule has 3 heterocycles. The zero-order valence-electron chi connectivity index (χ0n) is 16.9. The van der Waals surface area contributed by atoms with Crippen molar-refractivity contribution >= 4 is 17.4 Å². The summed E-state index contributed by atoms with van der Waals surface area (Å²) in [4.78, 5) is 31.5. The highest BCUT2D eigenvalue weighted by molar-refractivity contribution is 6.46. The normalized spacial score (nSPS) is 18.3. The number of hydrogen-bond donors (Lipinski definition) is 2. The first-order chi connectivity index (χ1) is 14.5. The molecule has 1 fully saturated rings. The number of nitrogens with zero attached hydrogens (tertiary/aromatic N) is 4. The number of amides is 1. The van der Waals surface area contributed by atoms with Gasteiger partial charge in [0.15, 0.2) is 0 Å². The van der Waals surface area contributed by atoms with Crippen LogP contribution in [0.15, 0.2) is 54.6 Å². The number of hydrogen-bond acceptors (Lipinski definition) is 5. The minimum Gasteiger partial charge on any atom is -0.507 e. The summed E-state index contributed by atoms with van der Waals surface area (Å²) in [5.41, 5.74) is 2.56. The summed E-state index contributed by atoms with van der Waals surface area (Å²) >= 11 is 0. The van der Waals surface area contributed by atoms with Crippen LogP contribution in [0.1, 0.15) is 35.0 Å². The maximum atomic E-state index is 13.0. The van der Waals surface area contributed by atoms with Crippen LogP contribution in [0.25, 0.3) is 5.76 Å². The molecule has 154 valence electrons. The van der Waals surface area contributed by atoms with Crippen molar-refractivity contribution in [2.24, 2.45) is 0 Å². The SMILES string of the molecule is Cc1n[nH]c(C)c1/C(O)=C1\C(=O)C(=O)N(CCCn2ccnc2)C1c1ccccc1. The summed E-state index contributed by atoms with van der Waals surface area (Å²) in [5.74, 6) is -1.47. The molecule has 1 aliphatic heterocycles. The average molecular weight is 405 g/mol. The van der Waals surface area contributed by atoms with Gasteiger partial charge in [-0.2, -0.15) is 5.10 Å². The molecule has 8 nitrogen and oxygen atoms in total. The first kappa shape index (κ1) is 19.6. The van der Waals surface area contributed by atoms with Crippen molar-refractivity contribution in [2.75, 3.05) is 6.54 Å². The molecule has 1 amide bonds. The Morgan fingerprint density at radius 2 is 1.93 bits per heavy atom. The molecule has 2 aromatic heterocycles. The first-order valence-corrected chi connectivity index (χ1v) is 9.80. The Labute approximate surface area is 173 Å². The molecule has 8 heteroatoms. The van der Waals surface area contributed by atoms with E-state index in [1.165, 1.54) is 0 Å². The summed E-state index contributed by atoms with van der Waals surface area (Å²) in [7, 11) is 0. The van der Waals surface area contributed by atoms with Crippen LogP contribution in [0.2, 0.25) is 0 Å². The zero-order chi connectivity index (χ0) is 21.3. The smallest absolute Gasteiger partial charge is 0.295 e. The van der Waals surface area contributed by atoms with Crippen molar-refractivity contribution in [1.82, 2.24) is 24.6 Å². The van der Waals surface area contributed by atoms with Crippen LogP contribution in [0.3, 0.4) is 0 Å². The number of ketones is 1. The Bertz CT molecular complexity index is 1080. The lowest BCUT2D eigenvalue weighted by atomic mass is 9.94. The first-order valence-electron chi connectivity index (χ1n) is 9.80. The molecule has 1 unspecified atom stereocenters.